The van der Waals surface area contributed by atoms with Crippen molar-refractivity contribution in [1.82, 2.24) is 0 Å². The molecule has 2 rings (SSSR count). The minimum absolute atomic E-state index is 0.601. The highest BCUT2D eigenvalue weighted by atomic mass is 32.2. The molecule has 0 aromatic heterocycles. The van der Waals surface area contributed by atoms with Gasteiger partial charge in [0.05, 0.1) is 9.80 Å². The second-order valence-electron chi connectivity index (χ2n) is 4.64. The largest absolute Gasteiger partial charge is 0.238 e. The molecule has 2 unspecified atom stereocenters. The van der Waals surface area contributed by atoms with Crippen LogP contribution in [-0.4, -0.2) is 23.0 Å². The Morgan fingerprint density at radius 1 is 1.05 bits per heavy atom. The van der Waals surface area contributed by atoms with E-state index >= 15 is 4.39 Å². The topological polar surface area (TPSA) is 120 Å². The predicted molar refractivity (Wildman–Crippen MR) is 75.8 cm³/mol. The van der Waals surface area contributed by atoms with Crippen molar-refractivity contribution in [2.24, 2.45) is 10.3 Å². The molecule has 1 aliphatic rings. The Morgan fingerprint density at radius 3 is 2.18 bits per heavy atom. The van der Waals surface area contributed by atoms with Gasteiger partial charge in [-0.2, -0.15) is 0 Å². The molecule has 1 aromatic rings. The average Bonchev–Trinajstić information content (AvgIpc) is 2.40. The van der Waals surface area contributed by atoms with Crippen LogP contribution in [0.15, 0.2) is 52.3 Å². The fraction of sp³-hybridized carbons (Fsp3) is 0.167. The van der Waals surface area contributed by atoms with Crippen LogP contribution in [0.1, 0.15) is 5.56 Å². The molecule has 0 radical (unpaired) electrons. The van der Waals surface area contributed by atoms with Gasteiger partial charge in [0.25, 0.3) is 0 Å². The van der Waals surface area contributed by atoms with Gasteiger partial charge in [0.2, 0.25) is 20.0 Å². The first kappa shape index (κ1) is 16.7. The molecule has 1 aliphatic carbocycles. The molecule has 0 spiro atoms. The van der Waals surface area contributed by atoms with E-state index in [0.717, 1.165) is 30.4 Å². The summed E-state index contributed by atoms with van der Waals surface area (Å²) in [5.41, 5.74) is -3.63. The Morgan fingerprint density at radius 2 is 1.64 bits per heavy atom. The van der Waals surface area contributed by atoms with Crippen LogP contribution in [0, 0.1) is 0 Å². The highest BCUT2D eigenvalue weighted by Gasteiger charge is 2.48. The molecule has 22 heavy (non-hydrogen) atoms. The van der Waals surface area contributed by atoms with Crippen LogP contribution < -0.4 is 10.3 Å². The molecular formula is C12H12F2N2O4S2. The lowest BCUT2D eigenvalue weighted by atomic mass is 9.87. The smallest absolute Gasteiger partial charge is 0.237 e. The molecule has 1 aromatic carbocycles. The number of hydrogen-bond acceptors (Lipinski definition) is 4. The van der Waals surface area contributed by atoms with Gasteiger partial charge in [-0.05, 0) is 18.2 Å². The number of alkyl halides is 2. The standard InChI is InChI=1S/C12H12F2N2O4S2/c13-11-10(22(16,19)20)6-3-7-12(11,14)8-4-1-2-5-9(8)21(15,17)18/h1-7,11H,(H2,15,17,18)(H2,16,19,20). The fourth-order valence-corrected chi connectivity index (χ4v) is 3.68. The van der Waals surface area contributed by atoms with Gasteiger partial charge in [-0.1, -0.05) is 24.3 Å². The summed E-state index contributed by atoms with van der Waals surface area (Å²) in [4.78, 5) is -1.62. The van der Waals surface area contributed by atoms with Gasteiger partial charge in [0.1, 0.15) is 0 Å². The van der Waals surface area contributed by atoms with E-state index in [4.69, 9.17) is 10.3 Å². The van der Waals surface area contributed by atoms with Crippen molar-refractivity contribution in [3.05, 3.63) is 53.0 Å². The molecule has 2 atom stereocenters. The van der Waals surface area contributed by atoms with Crippen LogP contribution >= 0.6 is 0 Å². The number of sulfonamides is 2. The molecule has 10 heteroatoms. The fourth-order valence-electron chi connectivity index (χ4n) is 2.16. The van der Waals surface area contributed by atoms with Gasteiger partial charge in [-0.3, -0.25) is 0 Å². The summed E-state index contributed by atoms with van der Waals surface area (Å²) in [7, 11) is -8.83. The summed E-state index contributed by atoms with van der Waals surface area (Å²) in [6, 6.07) is 4.58. The zero-order valence-electron chi connectivity index (χ0n) is 11.0. The molecule has 0 amide bonds. The molecule has 0 heterocycles. The van der Waals surface area contributed by atoms with Gasteiger partial charge in [0.15, 0.2) is 11.8 Å². The van der Waals surface area contributed by atoms with Gasteiger partial charge < -0.3 is 0 Å². The highest BCUT2D eigenvalue weighted by molar-refractivity contribution is 7.93. The summed E-state index contributed by atoms with van der Waals surface area (Å²) in [5.74, 6) is 0. The normalized spacial score (nSPS) is 25.8. The first-order valence-corrected chi connectivity index (χ1v) is 8.94. The summed E-state index contributed by atoms with van der Waals surface area (Å²) in [6.45, 7) is 0. The maximum absolute atomic E-state index is 15.1. The van der Waals surface area contributed by atoms with Crippen molar-refractivity contribution >= 4 is 20.0 Å². The average molecular weight is 350 g/mol. The lowest BCUT2D eigenvalue weighted by Crippen LogP contribution is -2.39. The summed E-state index contributed by atoms with van der Waals surface area (Å²) in [6.07, 6.45) is -0.209. The summed E-state index contributed by atoms with van der Waals surface area (Å²) < 4.78 is 75.3. The van der Waals surface area contributed by atoms with Crippen LogP contribution in [0.25, 0.3) is 0 Å². The molecule has 0 bridgehead atoms. The summed E-state index contributed by atoms with van der Waals surface area (Å²) in [5, 5.41) is 9.83. The van der Waals surface area contributed by atoms with Crippen molar-refractivity contribution in [2.75, 3.05) is 0 Å². The number of halogens is 2. The minimum atomic E-state index is -4.49. The van der Waals surface area contributed by atoms with Crippen LogP contribution in [-0.2, 0) is 25.7 Å². The molecule has 6 nitrogen and oxygen atoms in total. The number of primary sulfonamides is 2. The van der Waals surface area contributed by atoms with Crippen molar-refractivity contribution in [3.8, 4) is 0 Å². The molecule has 0 saturated heterocycles. The Labute approximate surface area is 126 Å². The lowest BCUT2D eigenvalue weighted by molar-refractivity contribution is 0.118. The third kappa shape index (κ3) is 2.82. The van der Waals surface area contributed by atoms with E-state index in [1.54, 1.807) is 0 Å². The Balaban J connectivity index is 2.69. The maximum atomic E-state index is 15.1. The molecule has 0 saturated carbocycles. The van der Waals surface area contributed by atoms with E-state index in [1.807, 2.05) is 0 Å². The van der Waals surface area contributed by atoms with Gasteiger partial charge >= 0.3 is 0 Å². The second kappa shape index (κ2) is 5.23. The quantitative estimate of drug-likeness (QED) is 0.828. The van der Waals surface area contributed by atoms with Crippen LogP contribution in [0.3, 0.4) is 0 Å². The molecule has 0 fully saturated rings. The Bertz CT molecular complexity index is 878. The van der Waals surface area contributed by atoms with E-state index in [-0.39, 0.29) is 0 Å². The number of allylic oxidation sites excluding steroid dienone is 4. The highest BCUT2D eigenvalue weighted by Crippen LogP contribution is 2.42. The van der Waals surface area contributed by atoms with Crippen LogP contribution in [0.4, 0.5) is 8.78 Å². The third-order valence-electron chi connectivity index (χ3n) is 3.15. The van der Waals surface area contributed by atoms with Crippen LogP contribution in [0.5, 0.6) is 0 Å². The molecule has 0 aliphatic heterocycles. The number of benzene rings is 1. The van der Waals surface area contributed by atoms with E-state index in [2.05, 4.69) is 0 Å². The first-order chi connectivity index (χ1) is 9.98. The third-order valence-corrected chi connectivity index (χ3v) is 5.12. The van der Waals surface area contributed by atoms with Crippen molar-refractivity contribution in [1.29, 1.82) is 0 Å². The Kier molecular flexibility index (Phi) is 3.98. The van der Waals surface area contributed by atoms with E-state index in [0.29, 0.717) is 0 Å². The number of rotatable bonds is 3. The first-order valence-electron chi connectivity index (χ1n) is 5.85. The van der Waals surface area contributed by atoms with Crippen molar-refractivity contribution in [3.63, 3.8) is 0 Å². The predicted octanol–water partition coefficient (Wildman–Crippen LogP) is 0.579. The monoisotopic (exact) mass is 350 g/mol. The maximum Gasteiger partial charge on any atom is 0.238 e. The van der Waals surface area contributed by atoms with Gasteiger partial charge in [-0.15, -0.1) is 0 Å². The molecule has 120 valence electrons. The van der Waals surface area contributed by atoms with Gasteiger partial charge in [0, 0.05) is 5.56 Å². The van der Waals surface area contributed by atoms with E-state index < -0.39 is 47.3 Å². The van der Waals surface area contributed by atoms with Gasteiger partial charge in [-0.25, -0.2) is 35.9 Å². The number of nitrogens with two attached hydrogens (primary N) is 2. The molecular weight excluding hydrogens is 338 g/mol. The lowest BCUT2D eigenvalue weighted by Gasteiger charge is -2.30. The Hall–Kier alpha value is -1.62. The van der Waals surface area contributed by atoms with Crippen molar-refractivity contribution in [2.45, 2.75) is 16.7 Å². The summed E-state index contributed by atoms with van der Waals surface area (Å²) >= 11 is 0. The number of hydrogen-bond donors (Lipinski definition) is 2. The van der Waals surface area contributed by atoms with Crippen LogP contribution in [0.2, 0.25) is 0 Å². The minimum Gasteiger partial charge on any atom is -0.237 e. The zero-order chi connectivity index (χ0) is 16.8. The molecule has 4 N–H and O–H groups in total. The van der Waals surface area contributed by atoms with Crippen molar-refractivity contribution < 1.29 is 25.6 Å². The zero-order valence-corrected chi connectivity index (χ0v) is 12.6. The van der Waals surface area contributed by atoms with E-state index in [1.165, 1.54) is 12.1 Å². The second-order valence-corrected chi connectivity index (χ2v) is 7.74. The SMILES string of the molecule is NS(=O)(=O)C1=CC=CC(F)(c2ccccc2S(N)(=O)=O)C1F. The van der Waals surface area contributed by atoms with E-state index in [9.17, 15) is 21.2 Å².